The Balaban J connectivity index is 2.63. The van der Waals surface area contributed by atoms with E-state index >= 15 is 0 Å². The molecular formula is C12H7Br2. The fourth-order valence-electron chi connectivity index (χ4n) is 1.33. The number of hydrogen-bond acceptors (Lipinski definition) is 0. The molecule has 0 bridgehead atoms. The topological polar surface area (TPSA) is 0 Å². The zero-order chi connectivity index (χ0) is 9.97. The maximum atomic E-state index is 3.52. The van der Waals surface area contributed by atoms with Gasteiger partial charge in [-0.05, 0) is 23.8 Å². The Kier molecular flexibility index (Phi) is 3.04. The molecule has 0 nitrogen and oxygen atoms in total. The Morgan fingerprint density at radius 3 is 2.00 bits per heavy atom. The normalized spacial score (nSPS) is 10.1. The average molecular weight is 311 g/mol. The van der Waals surface area contributed by atoms with Crippen LogP contribution >= 0.6 is 31.9 Å². The summed E-state index contributed by atoms with van der Waals surface area (Å²) in [6.45, 7) is 0. The molecule has 0 aliphatic heterocycles. The lowest BCUT2D eigenvalue weighted by Gasteiger charge is -2.06. The molecule has 2 aromatic rings. The van der Waals surface area contributed by atoms with E-state index in [2.05, 4.69) is 50.1 Å². The third-order valence-electron chi connectivity index (χ3n) is 1.96. The van der Waals surface area contributed by atoms with Crippen LogP contribution in [0.1, 0.15) is 0 Å². The molecule has 0 aromatic heterocycles. The van der Waals surface area contributed by atoms with Crippen LogP contribution in [0.4, 0.5) is 0 Å². The van der Waals surface area contributed by atoms with Gasteiger partial charge in [0.05, 0.1) is 0 Å². The SMILES string of the molecule is Brc1c[c]cc(Br)c1-c1ccccc1. The largest absolute Gasteiger partial charge is 0.0622 e. The fourth-order valence-corrected chi connectivity index (χ4v) is 2.74. The minimum absolute atomic E-state index is 1.05. The van der Waals surface area contributed by atoms with E-state index in [9.17, 15) is 0 Å². The van der Waals surface area contributed by atoms with Crippen molar-refractivity contribution >= 4 is 31.9 Å². The lowest BCUT2D eigenvalue weighted by atomic mass is 10.1. The van der Waals surface area contributed by atoms with Crippen LogP contribution in [0.3, 0.4) is 0 Å². The highest BCUT2D eigenvalue weighted by molar-refractivity contribution is 9.11. The first-order valence-corrected chi connectivity index (χ1v) is 5.78. The predicted octanol–water partition coefficient (Wildman–Crippen LogP) is 4.68. The van der Waals surface area contributed by atoms with E-state index in [4.69, 9.17) is 0 Å². The number of halogens is 2. The summed E-state index contributed by atoms with van der Waals surface area (Å²) in [5.74, 6) is 0. The number of hydrogen-bond donors (Lipinski definition) is 0. The molecular weight excluding hydrogens is 304 g/mol. The van der Waals surface area contributed by atoms with Crippen molar-refractivity contribution in [3.63, 3.8) is 0 Å². The van der Waals surface area contributed by atoms with Crippen molar-refractivity contribution < 1.29 is 0 Å². The van der Waals surface area contributed by atoms with E-state index < -0.39 is 0 Å². The molecule has 2 aromatic carbocycles. The highest BCUT2D eigenvalue weighted by atomic mass is 79.9. The molecule has 2 heteroatoms. The van der Waals surface area contributed by atoms with E-state index in [1.165, 1.54) is 11.1 Å². The van der Waals surface area contributed by atoms with Crippen molar-refractivity contribution in [2.45, 2.75) is 0 Å². The zero-order valence-electron chi connectivity index (χ0n) is 7.30. The van der Waals surface area contributed by atoms with E-state index in [1.54, 1.807) is 0 Å². The zero-order valence-corrected chi connectivity index (χ0v) is 10.5. The third kappa shape index (κ3) is 1.91. The van der Waals surface area contributed by atoms with Crippen molar-refractivity contribution in [2.75, 3.05) is 0 Å². The number of benzene rings is 2. The van der Waals surface area contributed by atoms with Crippen LogP contribution in [0.25, 0.3) is 11.1 Å². The van der Waals surface area contributed by atoms with Gasteiger partial charge in [-0.1, -0.05) is 62.2 Å². The predicted molar refractivity (Wildman–Crippen MR) is 66.1 cm³/mol. The number of rotatable bonds is 1. The summed E-state index contributed by atoms with van der Waals surface area (Å²) in [4.78, 5) is 0. The summed E-state index contributed by atoms with van der Waals surface area (Å²) in [6.07, 6.45) is 0. The van der Waals surface area contributed by atoms with E-state index in [0.29, 0.717) is 0 Å². The monoisotopic (exact) mass is 309 g/mol. The van der Waals surface area contributed by atoms with Crippen molar-refractivity contribution in [1.82, 2.24) is 0 Å². The molecule has 0 aliphatic rings. The molecule has 0 heterocycles. The summed E-state index contributed by atoms with van der Waals surface area (Å²) >= 11 is 7.05. The molecule has 2 rings (SSSR count). The molecule has 69 valence electrons. The van der Waals surface area contributed by atoms with E-state index in [0.717, 1.165) is 8.95 Å². The Morgan fingerprint density at radius 1 is 0.857 bits per heavy atom. The quantitative estimate of drug-likeness (QED) is 0.717. The summed E-state index contributed by atoms with van der Waals surface area (Å²) in [5.41, 5.74) is 2.37. The molecule has 0 spiro atoms. The summed E-state index contributed by atoms with van der Waals surface area (Å²) in [6, 6.07) is 17.1. The standard InChI is InChI=1S/C12H7Br2/c13-10-7-4-8-11(14)12(10)9-5-2-1-3-6-9/h1-3,5-8H. The molecule has 0 aliphatic carbocycles. The lowest BCUT2D eigenvalue weighted by molar-refractivity contribution is 1.54. The summed E-state index contributed by atoms with van der Waals surface area (Å²) in [5, 5.41) is 0. The van der Waals surface area contributed by atoms with Crippen molar-refractivity contribution in [3.05, 3.63) is 57.5 Å². The minimum Gasteiger partial charge on any atom is -0.0622 e. The highest BCUT2D eigenvalue weighted by Crippen LogP contribution is 2.34. The van der Waals surface area contributed by atoms with Gasteiger partial charge in [-0.3, -0.25) is 0 Å². The summed E-state index contributed by atoms with van der Waals surface area (Å²) < 4.78 is 2.11. The van der Waals surface area contributed by atoms with Crippen LogP contribution in [0.2, 0.25) is 0 Å². The first-order valence-electron chi connectivity index (χ1n) is 4.19. The van der Waals surface area contributed by atoms with Gasteiger partial charge in [-0.2, -0.15) is 0 Å². The maximum Gasteiger partial charge on any atom is 0.0271 e. The van der Waals surface area contributed by atoms with E-state index in [1.807, 2.05) is 30.3 Å². The minimum atomic E-state index is 1.05. The van der Waals surface area contributed by atoms with Gasteiger partial charge < -0.3 is 0 Å². The molecule has 0 N–H and O–H groups in total. The highest BCUT2D eigenvalue weighted by Gasteiger charge is 2.05. The first kappa shape index (κ1) is 9.94. The van der Waals surface area contributed by atoms with Gasteiger partial charge in [0, 0.05) is 14.5 Å². The Bertz CT molecular complexity index is 415. The van der Waals surface area contributed by atoms with Crippen LogP contribution in [0, 0.1) is 6.07 Å². The molecule has 0 unspecified atom stereocenters. The second kappa shape index (κ2) is 4.28. The van der Waals surface area contributed by atoms with Gasteiger partial charge in [0.1, 0.15) is 0 Å². The maximum absolute atomic E-state index is 3.52. The second-order valence-electron chi connectivity index (χ2n) is 2.89. The first-order chi connectivity index (χ1) is 6.79. The lowest BCUT2D eigenvalue weighted by Crippen LogP contribution is -1.81. The average Bonchev–Trinajstić information content (AvgIpc) is 2.19. The van der Waals surface area contributed by atoms with Crippen molar-refractivity contribution in [2.24, 2.45) is 0 Å². The van der Waals surface area contributed by atoms with Crippen LogP contribution < -0.4 is 0 Å². The molecule has 0 fully saturated rings. The molecule has 1 radical (unpaired) electrons. The Labute approximate surface area is 100 Å². The van der Waals surface area contributed by atoms with Gasteiger partial charge in [0.2, 0.25) is 0 Å². The fraction of sp³-hybridized carbons (Fsp3) is 0. The van der Waals surface area contributed by atoms with Crippen LogP contribution in [0.15, 0.2) is 51.4 Å². The third-order valence-corrected chi connectivity index (χ3v) is 3.21. The van der Waals surface area contributed by atoms with Crippen LogP contribution in [-0.4, -0.2) is 0 Å². The van der Waals surface area contributed by atoms with Crippen LogP contribution in [-0.2, 0) is 0 Å². The molecule has 14 heavy (non-hydrogen) atoms. The molecule has 0 saturated carbocycles. The molecule has 0 saturated heterocycles. The van der Waals surface area contributed by atoms with Crippen LogP contribution in [0.5, 0.6) is 0 Å². The van der Waals surface area contributed by atoms with Crippen molar-refractivity contribution in [3.8, 4) is 11.1 Å². The second-order valence-corrected chi connectivity index (χ2v) is 4.60. The van der Waals surface area contributed by atoms with Gasteiger partial charge in [-0.25, -0.2) is 0 Å². The Hall–Kier alpha value is -0.600. The van der Waals surface area contributed by atoms with Gasteiger partial charge >= 0.3 is 0 Å². The molecule has 0 atom stereocenters. The van der Waals surface area contributed by atoms with Gasteiger partial charge in [-0.15, -0.1) is 0 Å². The molecule has 0 amide bonds. The van der Waals surface area contributed by atoms with Crippen molar-refractivity contribution in [1.29, 1.82) is 0 Å². The smallest absolute Gasteiger partial charge is 0.0271 e. The van der Waals surface area contributed by atoms with Gasteiger partial charge in [0.25, 0.3) is 0 Å². The summed E-state index contributed by atoms with van der Waals surface area (Å²) in [7, 11) is 0. The van der Waals surface area contributed by atoms with Gasteiger partial charge in [0.15, 0.2) is 0 Å². The Morgan fingerprint density at radius 2 is 1.43 bits per heavy atom. The van der Waals surface area contributed by atoms with E-state index in [-0.39, 0.29) is 0 Å².